The predicted molar refractivity (Wildman–Crippen MR) is 75.8 cm³/mol. The Hall–Kier alpha value is -1.07. The maximum atomic E-state index is 5.66. The number of thioether (sulfide) groups is 1. The monoisotopic (exact) mass is 265 g/mol. The summed E-state index contributed by atoms with van der Waals surface area (Å²) in [7, 11) is 0. The van der Waals surface area contributed by atoms with Crippen molar-refractivity contribution < 1.29 is 4.74 Å². The molecular weight excluding hydrogens is 246 g/mol. The van der Waals surface area contributed by atoms with Crippen LogP contribution in [0.4, 0.5) is 0 Å². The predicted octanol–water partition coefficient (Wildman–Crippen LogP) is 2.86. The van der Waals surface area contributed by atoms with Crippen LogP contribution in [0.25, 0.3) is 11.0 Å². The number of rotatable bonds is 6. The highest BCUT2D eigenvalue weighted by atomic mass is 32.2. The standard InChI is InChI=1S/C13H19N3OS/c1-10(2)18-7-6-17-9-16-5-4-12-11(3)14-8-15-13(12)16/h4-5,8,10H,6-7,9H2,1-3H3. The summed E-state index contributed by atoms with van der Waals surface area (Å²) in [4.78, 5) is 8.48. The number of aromatic nitrogens is 3. The largest absolute Gasteiger partial charge is 0.360 e. The van der Waals surface area contributed by atoms with Crippen molar-refractivity contribution in [1.82, 2.24) is 14.5 Å². The van der Waals surface area contributed by atoms with Crippen LogP contribution < -0.4 is 0 Å². The molecule has 0 amide bonds. The third-order valence-corrected chi connectivity index (χ3v) is 3.73. The molecule has 0 unspecified atom stereocenters. The summed E-state index contributed by atoms with van der Waals surface area (Å²) < 4.78 is 7.68. The Morgan fingerprint density at radius 3 is 3.00 bits per heavy atom. The third kappa shape index (κ3) is 3.23. The zero-order valence-electron chi connectivity index (χ0n) is 11.1. The van der Waals surface area contributed by atoms with E-state index in [9.17, 15) is 0 Å². The molecule has 0 N–H and O–H groups in total. The van der Waals surface area contributed by atoms with Gasteiger partial charge in [-0.05, 0) is 18.2 Å². The van der Waals surface area contributed by atoms with E-state index in [2.05, 4.69) is 23.8 Å². The molecule has 0 saturated heterocycles. The quantitative estimate of drug-likeness (QED) is 0.753. The molecule has 0 spiro atoms. The van der Waals surface area contributed by atoms with Crippen molar-refractivity contribution in [2.24, 2.45) is 0 Å². The van der Waals surface area contributed by atoms with Gasteiger partial charge in [-0.3, -0.25) is 0 Å². The average Bonchev–Trinajstić information content (AvgIpc) is 2.73. The summed E-state index contributed by atoms with van der Waals surface area (Å²) >= 11 is 1.91. The molecule has 5 heteroatoms. The van der Waals surface area contributed by atoms with Gasteiger partial charge in [-0.2, -0.15) is 11.8 Å². The van der Waals surface area contributed by atoms with Crippen molar-refractivity contribution in [3.8, 4) is 0 Å². The molecule has 2 aromatic rings. The normalized spacial score (nSPS) is 11.6. The van der Waals surface area contributed by atoms with Gasteiger partial charge in [0.2, 0.25) is 0 Å². The lowest BCUT2D eigenvalue weighted by molar-refractivity contribution is 0.0926. The van der Waals surface area contributed by atoms with Gasteiger partial charge >= 0.3 is 0 Å². The zero-order chi connectivity index (χ0) is 13.0. The van der Waals surface area contributed by atoms with Crippen molar-refractivity contribution in [2.75, 3.05) is 12.4 Å². The van der Waals surface area contributed by atoms with Crippen molar-refractivity contribution >= 4 is 22.8 Å². The topological polar surface area (TPSA) is 39.9 Å². The maximum absolute atomic E-state index is 5.66. The van der Waals surface area contributed by atoms with Crippen LogP contribution in [-0.4, -0.2) is 32.1 Å². The molecule has 0 aliphatic heterocycles. The zero-order valence-corrected chi connectivity index (χ0v) is 11.9. The van der Waals surface area contributed by atoms with Crippen LogP contribution in [0.2, 0.25) is 0 Å². The molecule has 0 fully saturated rings. The van der Waals surface area contributed by atoms with Crippen molar-refractivity contribution in [3.63, 3.8) is 0 Å². The highest BCUT2D eigenvalue weighted by Crippen LogP contribution is 2.15. The van der Waals surface area contributed by atoms with Gasteiger partial charge < -0.3 is 9.30 Å². The molecule has 4 nitrogen and oxygen atoms in total. The molecule has 2 rings (SSSR count). The van der Waals surface area contributed by atoms with Crippen LogP contribution in [0.5, 0.6) is 0 Å². The van der Waals surface area contributed by atoms with Gasteiger partial charge in [0.25, 0.3) is 0 Å². The van der Waals surface area contributed by atoms with Gasteiger partial charge in [0.05, 0.1) is 12.3 Å². The van der Waals surface area contributed by atoms with Crippen LogP contribution >= 0.6 is 11.8 Å². The second-order valence-electron chi connectivity index (χ2n) is 4.44. The van der Waals surface area contributed by atoms with E-state index in [1.807, 2.05) is 35.5 Å². The van der Waals surface area contributed by atoms with E-state index in [1.54, 1.807) is 6.33 Å². The van der Waals surface area contributed by atoms with Gasteiger partial charge in [0.1, 0.15) is 18.7 Å². The molecule has 0 saturated carbocycles. The highest BCUT2D eigenvalue weighted by molar-refractivity contribution is 7.99. The van der Waals surface area contributed by atoms with Crippen molar-refractivity contribution in [3.05, 3.63) is 24.3 Å². The first kappa shape index (κ1) is 13.4. The lowest BCUT2D eigenvalue weighted by atomic mass is 10.3. The van der Waals surface area contributed by atoms with Gasteiger partial charge in [0, 0.05) is 17.3 Å². The van der Waals surface area contributed by atoms with E-state index in [1.165, 1.54) is 0 Å². The molecule has 0 radical (unpaired) electrons. The lowest BCUT2D eigenvalue weighted by Crippen LogP contribution is -2.06. The number of hydrogen-bond donors (Lipinski definition) is 0. The van der Waals surface area contributed by atoms with E-state index in [4.69, 9.17) is 4.74 Å². The van der Waals surface area contributed by atoms with E-state index in [-0.39, 0.29) is 0 Å². The summed E-state index contributed by atoms with van der Waals surface area (Å²) in [5.41, 5.74) is 1.95. The highest BCUT2D eigenvalue weighted by Gasteiger charge is 2.04. The molecular formula is C13H19N3OS. The fraction of sp³-hybridized carbons (Fsp3) is 0.538. The Morgan fingerprint density at radius 1 is 1.39 bits per heavy atom. The Bertz CT molecular complexity index is 510. The van der Waals surface area contributed by atoms with E-state index in [0.717, 1.165) is 29.1 Å². The second-order valence-corrected chi connectivity index (χ2v) is 6.12. The summed E-state index contributed by atoms with van der Waals surface area (Å²) in [6.45, 7) is 7.72. The van der Waals surface area contributed by atoms with Gasteiger partial charge in [-0.15, -0.1) is 0 Å². The van der Waals surface area contributed by atoms with Crippen molar-refractivity contribution in [1.29, 1.82) is 0 Å². The van der Waals surface area contributed by atoms with Gasteiger partial charge in [0.15, 0.2) is 0 Å². The minimum atomic E-state index is 0.554. The summed E-state index contributed by atoms with van der Waals surface area (Å²) in [5, 5.41) is 1.76. The molecule has 0 aromatic carbocycles. The fourth-order valence-corrected chi connectivity index (χ4v) is 2.43. The smallest absolute Gasteiger partial charge is 0.145 e. The SMILES string of the molecule is Cc1ncnc2c1ccn2COCCSC(C)C. The first-order chi connectivity index (χ1) is 8.68. The minimum Gasteiger partial charge on any atom is -0.360 e. The fourth-order valence-electron chi connectivity index (χ4n) is 1.74. The van der Waals surface area contributed by atoms with E-state index >= 15 is 0 Å². The Kier molecular flexibility index (Phi) is 4.60. The molecule has 2 heterocycles. The third-order valence-electron chi connectivity index (χ3n) is 2.66. The van der Waals surface area contributed by atoms with E-state index in [0.29, 0.717) is 12.0 Å². The average molecular weight is 265 g/mol. The van der Waals surface area contributed by atoms with Crippen LogP contribution in [-0.2, 0) is 11.5 Å². The summed E-state index contributed by atoms with van der Waals surface area (Å²) in [6, 6.07) is 2.04. The molecule has 0 aliphatic carbocycles. The van der Waals surface area contributed by atoms with Crippen LogP contribution in [0.1, 0.15) is 19.5 Å². The molecule has 98 valence electrons. The maximum Gasteiger partial charge on any atom is 0.145 e. The Balaban J connectivity index is 1.90. The first-order valence-electron chi connectivity index (χ1n) is 6.14. The molecule has 0 atom stereocenters. The van der Waals surface area contributed by atoms with Crippen LogP contribution in [0, 0.1) is 6.92 Å². The van der Waals surface area contributed by atoms with Gasteiger partial charge in [-0.1, -0.05) is 13.8 Å². The molecule has 18 heavy (non-hydrogen) atoms. The number of ether oxygens (including phenoxy) is 1. The van der Waals surface area contributed by atoms with E-state index < -0.39 is 0 Å². The Labute approximate surface area is 112 Å². The number of nitrogens with zero attached hydrogens (tertiary/aromatic N) is 3. The summed E-state index contributed by atoms with van der Waals surface area (Å²) in [6.07, 6.45) is 3.60. The molecule has 0 aliphatic rings. The molecule has 2 aromatic heterocycles. The number of aryl methyl sites for hydroxylation is 1. The first-order valence-corrected chi connectivity index (χ1v) is 7.19. The number of hydrogen-bond acceptors (Lipinski definition) is 4. The van der Waals surface area contributed by atoms with Crippen LogP contribution in [0.3, 0.4) is 0 Å². The molecule has 0 bridgehead atoms. The minimum absolute atomic E-state index is 0.554. The van der Waals surface area contributed by atoms with Crippen LogP contribution in [0.15, 0.2) is 18.6 Å². The second kappa shape index (κ2) is 6.20. The lowest BCUT2D eigenvalue weighted by Gasteiger charge is -2.07. The van der Waals surface area contributed by atoms with Crippen molar-refractivity contribution in [2.45, 2.75) is 32.8 Å². The Morgan fingerprint density at radius 2 is 2.22 bits per heavy atom. The van der Waals surface area contributed by atoms with Gasteiger partial charge in [-0.25, -0.2) is 9.97 Å². The summed E-state index contributed by atoms with van der Waals surface area (Å²) in [5.74, 6) is 1.03. The number of fused-ring (bicyclic) bond motifs is 1.